The van der Waals surface area contributed by atoms with E-state index in [1.807, 2.05) is 12.1 Å². The van der Waals surface area contributed by atoms with E-state index in [-0.39, 0.29) is 5.91 Å². The highest BCUT2D eigenvalue weighted by Crippen LogP contribution is 2.25. The maximum absolute atomic E-state index is 12.7. The largest absolute Gasteiger partial charge is 0.379 e. The summed E-state index contributed by atoms with van der Waals surface area (Å²) < 4.78 is 32.4. The molecule has 1 amide bonds. The van der Waals surface area contributed by atoms with Gasteiger partial charge in [0, 0.05) is 24.4 Å². The van der Waals surface area contributed by atoms with Gasteiger partial charge in [-0.05, 0) is 34.9 Å². The molecule has 0 bridgehead atoms. The fourth-order valence-corrected chi connectivity index (χ4v) is 6.29. The van der Waals surface area contributed by atoms with Crippen LogP contribution in [0.1, 0.15) is 16.9 Å². The standard InChI is InChI=1S/C22H24N2O4S2/c25-21(9-6-17-5-7-18-3-1-2-4-19(18)15-17)23-16-20-8-10-22(29-20)30(26,27)24-11-13-28-14-12-24/h1-5,7-8,10,15H,6,9,11-14,16H2,(H,23,25). The highest BCUT2D eigenvalue weighted by atomic mass is 32.2. The maximum Gasteiger partial charge on any atom is 0.252 e. The molecule has 2 heterocycles. The molecule has 2 aromatic carbocycles. The molecule has 3 aromatic rings. The number of rotatable bonds is 7. The van der Waals surface area contributed by atoms with Crippen LogP contribution in [-0.2, 0) is 32.5 Å². The summed E-state index contributed by atoms with van der Waals surface area (Å²) >= 11 is 1.21. The average Bonchev–Trinajstić information content (AvgIpc) is 3.27. The van der Waals surface area contributed by atoms with E-state index in [2.05, 4.69) is 35.6 Å². The SMILES string of the molecule is O=C(CCc1ccc2ccccc2c1)NCc1ccc(S(=O)(=O)N2CCOCC2)s1. The fourth-order valence-electron chi connectivity index (χ4n) is 3.43. The van der Waals surface area contributed by atoms with E-state index in [1.54, 1.807) is 12.1 Å². The Morgan fingerprint density at radius 2 is 1.80 bits per heavy atom. The Kier molecular flexibility index (Phi) is 6.48. The van der Waals surface area contributed by atoms with Crippen molar-refractivity contribution in [3.8, 4) is 0 Å². The van der Waals surface area contributed by atoms with E-state index >= 15 is 0 Å². The highest BCUT2D eigenvalue weighted by molar-refractivity contribution is 7.91. The minimum Gasteiger partial charge on any atom is -0.379 e. The van der Waals surface area contributed by atoms with Crippen molar-refractivity contribution in [2.45, 2.75) is 23.6 Å². The summed E-state index contributed by atoms with van der Waals surface area (Å²) in [6.07, 6.45) is 1.06. The van der Waals surface area contributed by atoms with Crippen molar-refractivity contribution in [2.75, 3.05) is 26.3 Å². The molecule has 30 heavy (non-hydrogen) atoms. The number of aryl methyl sites for hydroxylation is 1. The molecule has 0 aliphatic carbocycles. The van der Waals surface area contributed by atoms with Gasteiger partial charge in [0.25, 0.3) is 10.0 Å². The van der Waals surface area contributed by atoms with Gasteiger partial charge in [0.15, 0.2) is 0 Å². The van der Waals surface area contributed by atoms with E-state index in [9.17, 15) is 13.2 Å². The van der Waals surface area contributed by atoms with Gasteiger partial charge >= 0.3 is 0 Å². The van der Waals surface area contributed by atoms with Gasteiger partial charge < -0.3 is 10.1 Å². The van der Waals surface area contributed by atoms with Gasteiger partial charge in [-0.3, -0.25) is 4.79 Å². The Hall–Kier alpha value is -2.26. The van der Waals surface area contributed by atoms with Crippen LogP contribution in [0.2, 0.25) is 0 Å². The van der Waals surface area contributed by atoms with Crippen molar-refractivity contribution < 1.29 is 17.9 Å². The van der Waals surface area contributed by atoms with Crippen LogP contribution in [0.25, 0.3) is 10.8 Å². The molecule has 6 nitrogen and oxygen atoms in total. The summed E-state index contributed by atoms with van der Waals surface area (Å²) in [6.45, 7) is 1.93. The summed E-state index contributed by atoms with van der Waals surface area (Å²) in [7, 11) is -3.48. The number of nitrogens with zero attached hydrogens (tertiary/aromatic N) is 1. The monoisotopic (exact) mass is 444 g/mol. The molecule has 1 aliphatic heterocycles. The first kappa shape index (κ1) is 21.0. The number of nitrogens with one attached hydrogen (secondary N) is 1. The van der Waals surface area contributed by atoms with Gasteiger partial charge in [0.05, 0.1) is 19.8 Å². The van der Waals surface area contributed by atoms with Crippen molar-refractivity contribution in [3.63, 3.8) is 0 Å². The van der Waals surface area contributed by atoms with Gasteiger partial charge in [-0.25, -0.2) is 8.42 Å². The van der Waals surface area contributed by atoms with Crippen molar-refractivity contribution in [1.29, 1.82) is 0 Å². The predicted octanol–water partition coefficient (Wildman–Crippen LogP) is 3.17. The minimum absolute atomic E-state index is 0.0471. The van der Waals surface area contributed by atoms with Crippen LogP contribution < -0.4 is 5.32 Å². The molecule has 1 N–H and O–H groups in total. The molecule has 1 aromatic heterocycles. The molecule has 1 fully saturated rings. The first-order valence-corrected chi connectivity index (χ1v) is 12.2. The third kappa shape index (κ3) is 4.89. The molecular formula is C22H24N2O4S2. The van der Waals surface area contributed by atoms with E-state index in [0.717, 1.165) is 10.4 Å². The second-order valence-electron chi connectivity index (χ2n) is 7.20. The number of fused-ring (bicyclic) bond motifs is 1. The summed E-state index contributed by atoms with van der Waals surface area (Å²) in [4.78, 5) is 13.1. The van der Waals surface area contributed by atoms with Crippen molar-refractivity contribution in [3.05, 3.63) is 65.0 Å². The summed E-state index contributed by atoms with van der Waals surface area (Å²) in [6, 6.07) is 17.8. The van der Waals surface area contributed by atoms with Crippen LogP contribution in [0.5, 0.6) is 0 Å². The van der Waals surface area contributed by atoms with Crippen LogP contribution in [-0.4, -0.2) is 44.9 Å². The Bertz CT molecular complexity index is 1130. The van der Waals surface area contributed by atoms with Crippen molar-refractivity contribution >= 4 is 38.0 Å². The van der Waals surface area contributed by atoms with Crippen LogP contribution in [0.4, 0.5) is 0 Å². The van der Waals surface area contributed by atoms with E-state index in [0.29, 0.717) is 49.9 Å². The third-order valence-electron chi connectivity index (χ3n) is 5.12. The topological polar surface area (TPSA) is 75.7 Å². The molecule has 1 saturated heterocycles. The Labute approximate surface area is 180 Å². The molecule has 0 spiro atoms. The quantitative estimate of drug-likeness (QED) is 0.607. The van der Waals surface area contributed by atoms with Crippen molar-refractivity contribution in [1.82, 2.24) is 9.62 Å². The van der Waals surface area contributed by atoms with E-state index < -0.39 is 10.0 Å². The molecule has 0 unspecified atom stereocenters. The second kappa shape index (κ2) is 9.26. The molecule has 0 radical (unpaired) electrons. The zero-order valence-corrected chi connectivity index (χ0v) is 18.2. The normalized spacial score (nSPS) is 15.3. The number of carbonyl (C=O) groups is 1. The number of sulfonamides is 1. The number of thiophene rings is 1. The number of carbonyl (C=O) groups excluding carboxylic acids is 1. The van der Waals surface area contributed by atoms with Crippen molar-refractivity contribution in [2.24, 2.45) is 0 Å². The molecular weight excluding hydrogens is 420 g/mol. The number of amides is 1. The lowest BCUT2D eigenvalue weighted by Gasteiger charge is -2.25. The summed E-state index contributed by atoms with van der Waals surface area (Å²) in [5, 5.41) is 5.25. The van der Waals surface area contributed by atoms with Gasteiger partial charge in [-0.1, -0.05) is 42.5 Å². The first-order valence-electron chi connectivity index (χ1n) is 9.93. The van der Waals surface area contributed by atoms with E-state index in [4.69, 9.17) is 4.74 Å². The molecule has 0 atom stereocenters. The summed E-state index contributed by atoms with van der Waals surface area (Å²) in [5.41, 5.74) is 1.12. The zero-order chi connectivity index (χ0) is 21.0. The Balaban J connectivity index is 1.29. The number of hydrogen-bond acceptors (Lipinski definition) is 5. The zero-order valence-electron chi connectivity index (χ0n) is 16.5. The molecule has 4 rings (SSSR count). The van der Waals surface area contributed by atoms with Crippen LogP contribution >= 0.6 is 11.3 Å². The lowest BCUT2D eigenvalue weighted by Crippen LogP contribution is -2.40. The first-order chi connectivity index (χ1) is 14.5. The number of hydrogen-bond donors (Lipinski definition) is 1. The number of benzene rings is 2. The van der Waals surface area contributed by atoms with Gasteiger partial charge in [0.2, 0.25) is 5.91 Å². The predicted molar refractivity (Wildman–Crippen MR) is 118 cm³/mol. The maximum atomic E-state index is 12.7. The van der Waals surface area contributed by atoms with Crippen LogP contribution in [0.15, 0.2) is 58.8 Å². The van der Waals surface area contributed by atoms with Crippen LogP contribution in [0, 0.1) is 0 Å². The number of ether oxygens (including phenoxy) is 1. The van der Waals surface area contributed by atoms with Gasteiger partial charge in [-0.15, -0.1) is 11.3 Å². The second-order valence-corrected chi connectivity index (χ2v) is 10.5. The average molecular weight is 445 g/mol. The Morgan fingerprint density at radius 3 is 2.60 bits per heavy atom. The lowest BCUT2D eigenvalue weighted by atomic mass is 10.0. The Morgan fingerprint density at radius 1 is 1.03 bits per heavy atom. The van der Waals surface area contributed by atoms with Gasteiger partial charge in [0.1, 0.15) is 4.21 Å². The molecule has 158 valence electrons. The lowest BCUT2D eigenvalue weighted by molar-refractivity contribution is -0.121. The van der Waals surface area contributed by atoms with E-state index in [1.165, 1.54) is 26.4 Å². The fraction of sp³-hybridized carbons (Fsp3) is 0.318. The highest BCUT2D eigenvalue weighted by Gasteiger charge is 2.27. The third-order valence-corrected chi connectivity index (χ3v) is 8.57. The minimum atomic E-state index is -3.48. The molecule has 8 heteroatoms. The molecule has 1 aliphatic rings. The number of morpholine rings is 1. The van der Waals surface area contributed by atoms with Gasteiger partial charge in [-0.2, -0.15) is 4.31 Å². The smallest absolute Gasteiger partial charge is 0.252 e. The summed E-state index contributed by atoms with van der Waals surface area (Å²) in [5.74, 6) is -0.0471. The molecule has 0 saturated carbocycles. The van der Waals surface area contributed by atoms with Crippen LogP contribution in [0.3, 0.4) is 0 Å².